The summed E-state index contributed by atoms with van der Waals surface area (Å²) in [6.07, 6.45) is 0. The van der Waals surface area contributed by atoms with Crippen molar-refractivity contribution in [3.8, 4) is 27.9 Å². The van der Waals surface area contributed by atoms with Crippen LogP contribution < -0.4 is 0 Å². The van der Waals surface area contributed by atoms with Crippen LogP contribution in [0, 0.1) is 0 Å². The molecule has 0 aliphatic heterocycles. The van der Waals surface area contributed by atoms with Gasteiger partial charge in [0.25, 0.3) is 0 Å². The average molecular weight is 584 g/mol. The predicted octanol–water partition coefficient (Wildman–Crippen LogP) is 11.5. The molecule has 10 rings (SSSR count). The Hall–Kier alpha value is -5.92. The first-order valence-corrected chi connectivity index (χ1v) is 16.1. The molecule has 1 nitrogen and oxygen atoms in total. The predicted molar refractivity (Wildman–Crippen MR) is 192 cm³/mol. The van der Waals surface area contributed by atoms with Crippen LogP contribution in [0.2, 0.25) is 0 Å². The molecule has 0 radical (unpaired) electrons. The SMILES string of the molecule is c1ccc2c(c1)C(=C(c1ccc(-n3c4ccccc4c4ccccc43)cc1)C1c3ccccc3-c3ccccc31)c1ccccc1-2. The lowest BCUT2D eigenvalue weighted by Crippen LogP contribution is -2.05. The first-order valence-electron chi connectivity index (χ1n) is 16.1. The number of fused-ring (bicyclic) bond motifs is 9. The summed E-state index contributed by atoms with van der Waals surface area (Å²) < 4.78 is 2.40. The summed E-state index contributed by atoms with van der Waals surface area (Å²) >= 11 is 0. The summed E-state index contributed by atoms with van der Waals surface area (Å²) in [5.41, 5.74) is 18.3. The van der Waals surface area contributed by atoms with Crippen molar-refractivity contribution >= 4 is 33.0 Å². The van der Waals surface area contributed by atoms with Crippen molar-refractivity contribution in [2.75, 3.05) is 0 Å². The molecule has 7 aromatic carbocycles. The van der Waals surface area contributed by atoms with Crippen LogP contribution in [0.25, 0.3) is 60.9 Å². The standard InChI is InChI=1S/C45H29N/c1-5-19-37-31(13-1)32-14-2-6-20-38(32)44(37)43(45-39-21-7-3-15-33(39)34-16-4-8-22-40(34)45)29-25-27-30(28-26-29)46-41-23-11-9-17-35(41)36-18-10-12-24-42(36)46/h1-28,44H. The molecule has 1 heteroatoms. The van der Waals surface area contributed by atoms with E-state index in [4.69, 9.17) is 0 Å². The molecule has 0 unspecified atom stereocenters. The number of aromatic nitrogens is 1. The van der Waals surface area contributed by atoms with Crippen LogP contribution in [0.3, 0.4) is 0 Å². The Morgan fingerprint density at radius 1 is 0.370 bits per heavy atom. The molecule has 0 fully saturated rings. The lowest BCUT2D eigenvalue weighted by Gasteiger charge is -2.23. The summed E-state index contributed by atoms with van der Waals surface area (Å²) in [5.74, 6) is 0.112. The fraction of sp³-hybridized carbons (Fsp3) is 0.0222. The van der Waals surface area contributed by atoms with Gasteiger partial charge in [-0.1, -0.05) is 146 Å². The maximum Gasteiger partial charge on any atom is 0.0541 e. The molecule has 46 heavy (non-hydrogen) atoms. The van der Waals surface area contributed by atoms with Crippen LogP contribution in [0.1, 0.15) is 33.7 Å². The van der Waals surface area contributed by atoms with Gasteiger partial charge in [0.2, 0.25) is 0 Å². The molecular formula is C45H29N. The quantitative estimate of drug-likeness (QED) is 0.195. The molecular weight excluding hydrogens is 555 g/mol. The topological polar surface area (TPSA) is 4.93 Å². The molecule has 2 aliphatic carbocycles. The molecule has 8 aromatic rings. The molecule has 0 bridgehead atoms. The Bertz CT molecular complexity index is 2380. The molecule has 0 spiro atoms. The van der Waals surface area contributed by atoms with E-state index in [0.29, 0.717) is 0 Å². The van der Waals surface area contributed by atoms with Crippen LogP contribution in [0.5, 0.6) is 0 Å². The van der Waals surface area contributed by atoms with E-state index in [2.05, 4.69) is 174 Å². The molecule has 0 saturated carbocycles. The van der Waals surface area contributed by atoms with Gasteiger partial charge in [0.15, 0.2) is 0 Å². The van der Waals surface area contributed by atoms with Gasteiger partial charge in [-0.2, -0.15) is 0 Å². The van der Waals surface area contributed by atoms with Crippen molar-refractivity contribution in [3.05, 3.63) is 198 Å². The molecule has 214 valence electrons. The molecule has 0 amide bonds. The van der Waals surface area contributed by atoms with Crippen molar-refractivity contribution in [2.24, 2.45) is 0 Å². The molecule has 1 heterocycles. The second-order valence-corrected chi connectivity index (χ2v) is 12.4. The maximum atomic E-state index is 2.40. The van der Waals surface area contributed by atoms with E-state index < -0.39 is 0 Å². The number of hydrogen-bond donors (Lipinski definition) is 0. The van der Waals surface area contributed by atoms with Crippen molar-refractivity contribution < 1.29 is 0 Å². The fourth-order valence-corrected chi connectivity index (χ4v) is 8.22. The van der Waals surface area contributed by atoms with Gasteiger partial charge in [-0.3, -0.25) is 0 Å². The normalized spacial score (nSPS) is 13.1. The maximum absolute atomic E-state index is 2.40. The van der Waals surface area contributed by atoms with E-state index in [1.807, 2.05) is 0 Å². The van der Waals surface area contributed by atoms with E-state index in [1.54, 1.807) is 0 Å². The van der Waals surface area contributed by atoms with Crippen molar-refractivity contribution in [1.29, 1.82) is 0 Å². The molecule has 0 atom stereocenters. The van der Waals surface area contributed by atoms with Crippen LogP contribution in [-0.4, -0.2) is 4.57 Å². The van der Waals surface area contributed by atoms with Crippen LogP contribution in [0.15, 0.2) is 170 Å². The van der Waals surface area contributed by atoms with Crippen molar-refractivity contribution in [2.45, 2.75) is 5.92 Å². The van der Waals surface area contributed by atoms with Gasteiger partial charge in [-0.15, -0.1) is 0 Å². The number of nitrogens with zero attached hydrogens (tertiary/aromatic N) is 1. The summed E-state index contributed by atoms with van der Waals surface area (Å²) in [4.78, 5) is 0. The highest BCUT2D eigenvalue weighted by Gasteiger charge is 2.36. The summed E-state index contributed by atoms with van der Waals surface area (Å²) in [5, 5.41) is 2.56. The van der Waals surface area contributed by atoms with Gasteiger partial charge >= 0.3 is 0 Å². The van der Waals surface area contributed by atoms with Gasteiger partial charge in [0.1, 0.15) is 0 Å². The third kappa shape index (κ3) is 3.51. The minimum absolute atomic E-state index is 0.112. The fourth-order valence-electron chi connectivity index (χ4n) is 8.22. The third-order valence-corrected chi connectivity index (χ3v) is 10.1. The van der Waals surface area contributed by atoms with Gasteiger partial charge in [-0.25, -0.2) is 0 Å². The summed E-state index contributed by atoms with van der Waals surface area (Å²) in [6, 6.07) is 62.7. The van der Waals surface area contributed by atoms with E-state index in [-0.39, 0.29) is 5.92 Å². The van der Waals surface area contributed by atoms with Crippen molar-refractivity contribution in [3.63, 3.8) is 0 Å². The van der Waals surface area contributed by atoms with E-state index in [1.165, 1.54) is 88.7 Å². The first-order chi connectivity index (χ1) is 22.9. The van der Waals surface area contributed by atoms with Crippen LogP contribution in [0.4, 0.5) is 0 Å². The highest BCUT2D eigenvalue weighted by Crippen LogP contribution is 2.56. The largest absolute Gasteiger partial charge is 0.309 e. The average Bonchev–Trinajstić information content (AvgIpc) is 3.76. The smallest absolute Gasteiger partial charge is 0.0541 e. The highest BCUT2D eigenvalue weighted by atomic mass is 15.0. The number of para-hydroxylation sites is 2. The zero-order chi connectivity index (χ0) is 30.2. The van der Waals surface area contributed by atoms with Gasteiger partial charge in [0.05, 0.1) is 11.0 Å². The Balaban J connectivity index is 1.26. The van der Waals surface area contributed by atoms with E-state index in [9.17, 15) is 0 Å². The minimum Gasteiger partial charge on any atom is -0.309 e. The Kier molecular flexibility index (Phi) is 5.41. The highest BCUT2D eigenvalue weighted by molar-refractivity contribution is 6.13. The van der Waals surface area contributed by atoms with E-state index in [0.717, 1.165) is 0 Å². The summed E-state index contributed by atoms with van der Waals surface area (Å²) in [7, 11) is 0. The number of benzene rings is 7. The van der Waals surface area contributed by atoms with Crippen LogP contribution >= 0.6 is 0 Å². The number of hydrogen-bond acceptors (Lipinski definition) is 0. The van der Waals surface area contributed by atoms with Crippen LogP contribution in [-0.2, 0) is 0 Å². The van der Waals surface area contributed by atoms with Gasteiger partial charge in [0, 0.05) is 22.4 Å². The lowest BCUT2D eigenvalue weighted by molar-refractivity contribution is 1.09. The Morgan fingerprint density at radius 2 is 0.783 bits per heavy atom. The molecule has 0 saturated heterocycles. The second kappa shape index (κ2) is 9.79. The molecule has 2 aliphatic rings. The lowest BCUT2D eigenvalue weighted by atomic mass is 9.80. The van der Waals surface area contributed by atoms with Gasteiger partial charge < -0.3 is 4.57 Å². The Morgan fingerprint density at radius 3 is 1.30 bits per heavy atom. The first kappa shape index (κ1) is 25.4. The number of rotatable bonds is 3. The zero-order valence-electron chi connectivity index (χ0n) is 25.2. The monoisotopic (exact) mass is 583 g/mol. The minimum atomic E-state index is 0.112. The second-order valence-electron chi connectivity index (χ2n) is 12.4. The molecule has 1 aromatic heterocycles. The molecule has 0 N–H and O–H groups in total. The zero-order valence-corrected chi connectivity index (χ0v) is 25.2. The van der Waals surface area contributed by atoms with Crippen molar-refractivity contribution in [1.82, 2.24) is 4.57 Å². The number of allylic oxidation sites excluding steroid dienone is 1. The third-order valence-electron chi connectivity index (χ3n) is 10.1. The summed E-state index contributed by atoms with van der Waals surface area (Å²) in [6.45, 7) is 0. The Labute approximate surface area is 268 Å². The van der Waals surface area contributed by atoms with Gasteiger partial charge in [-0.05, 0) is 85.5 Å². The van der Waals surface area contributed by atoms with E-state index >= 15 is 0 Å².